The molecule has 0 aliphatic carbocycles. The van der Waals surface area contributed by atoms with Crippen molar-refractivity contribution in [3.63, 3.8) is 0 Å². The highest BCUT2D eigenvalue weighted by Crippen LogP contribution is 2.36. The van der Waals surface area contributed by atoms with E-state index in [0.29, 0.717) is 11.5 Å². The van der Waals surface area contributed by atoms with Gasteiger partial charge in [-0.3, -0.25) is 0 Å². The second-order valence-electron chi connectivity index (χ2n) is 4.84. The molecule has 0 aromatic heterocycles. The SMILES string of the molecule is CC(C)C(C)(C)c1cccc(O)c1CO. The van der Waals surface area contributed by atoms with Crippen molar-refractivity contribution in [3.05, 3.63) is 29.3 Å². The number of benzene rings is 1. The molecule has 0 saturated carbocycles. The molecule has 2 nitrogen and oxygen atoms in total. The summed E-state index contributed by atoms with van der Waals surface area (Å²) in [6, 6.07) is 5.42. The molecule has 1 aromatic rings. The summed E-state index contributed by atoms with van der Waals surface area (Å²) in [7, 11) is 0. The van der Waals surface area contributed by atoms with E-state index in [1.54, 1.807) is 6.07 Å². The Kier molecular flexibility index (Phi) is 3.40. The first-order chi connectivity index (χ1) is 6.91. The molecule has 0 bridgehead atoms. The van der Waals surface area contributed by atoms with Gasteiger partial charge in [0.2, 0.25) is 0 Å². The van der Waals surface area contributed by atoms with E-state index in [9.17, 15) is 10.2 Å². The van der Waals surface area contributed by atoms with Gasteiger partial charge in [-0.2, -0.15) is 0 Å². The molecule has 0 saturated heterocycles. The van der Waals surface area contributed by atoms with Gasteiger partial charge in [0, 0.05) is 5.56 Å². The maximum absolute atomic E-state index is 9.68. The second kappa shape index (κ2) is 4.23. The highest BCUT2D eigenvalue weighted by atomic mass is 16.3. The highest BCUT2D eigenvalue weighted by molar-refractivity contribution is 5.42. The van der Waals surface area contributed by atoms with E-state index in [0.717, 1.165) is 5.56 Å². The van der Waals surface area contributed by atoms with E-state index in [2.05, 4.69) is 27.7 Å². The molecule has 15 heavy (non-hydrogen) atoms. The molecule has 0 aliphatic rings. The van der Waals surface area contributed by atoms with Crippen LogP contribution in [-0.2, 0) is 12.0 Å². The summed E-state index contributed by atoms with van der Waals surface area (Å²) in [6.45, 7) is 8.44. The van der Waals surface area contributed by atoms with Gasteiger partial charge in [-0.15, -0.1) is 0 Å². The molecule has 0 atom stereocenters. The minimum absolute atomic E-state index is 0.0448. The molecule has 0 unspecified atom stereocenters. The first-order valence-electron chi connectivity index (χ1n) is 5.33. The predicted molar refractivity (Wildman–Crippen MR) is 61.9 cm³/mol. The monoisotopic (exact) mass is 208 g/mol. The highest BCUT2D eigenvalue weighted by Gasteiger charge is 2.27. The van der Waals surface area contributed by atoms with Crippen LogP contribution in [0.2, 0.25) is 0 Å². The van der Waals surface area contributed by atoms with Crippen molar-refractivity contribution in [3.8, 4) is 5.75 Å². The first kappa shape index (κ1) is 12.1. The summed E-state index contributed by atoms with van der Waals surface area (Å²) in [5.41, 5.74) is 1.63. The molecule has 0 amide bonds. The van der Waals surface area contributed by atoms with Gasteiger partial charge in [0.15, 0.2) is 0 Å². The summed E-state index contributed by atoms with van der Waals surface area (Å²) in [5.74, 6) is 0.633. The van der Waals surface area contributed by atoms with Crippen molar-refractivity contribution in [2.24, 2.45) is 5.92 Å². The lowest BCUT2D eigenvalue weighted by molar-refractivity contribution is 0.267. The van der Waals surface area contributed by atoms with Crippen molar-refractivity contribution in [2.45, 2.75) is 39.7 Å². The van der Waals surface area contributed by atoms with Gasteiger partial charge in [-0.25, -0.2) is 0 Å². The summed E-state index contributed by atoms with van der Waals surface area (Å²) in [5, 5.41) is 19.0. The smallest absolute Gasteiger partial charge is 0.121 e. The number of hydrogen-bond donors (Lipinski definition) is 2. The Labute approximate surface area is 91.6 Å². The molecule has 0 fully saturated rings. The molecule has 0 radical (unpaired) electrons. The van der Waals surface area contributed by atoms with Crippen LogP contribution in [0.3, 0.4) is 0 Å². The fraction of sp³-hybridized carbons (Fsp3) is 0.538. The van der Waals surface area contributed by atoms with E-state index in [-0.39, 0.29) is 17.8 Å². The van der Waals surface area contributed by atoms with E-state index in [1.807, 2.05) is 12.1 Å². The van der Waals surface area contributed by atoms with E-state index in [4.69, 9.17) is 0 Å². The van der Waals surface area contributed by atoms with Crippen LogP contribution in [0, 0.1) is 5.92 Å². The van der Waals surface area contributed by atoms with Gasteiger partial charge in [0.1, 0.15) is 5.75 Å². The third-order valence-corrected chi connectivity index (χ3v) is 3.45. The average Bonchev–Trinajstić information content (AvgIpc) is 2.17. The minimum atomic E-state index is -0.113. The molecule has 2 N–H and O–H groups in total. The molecular weight excluding hydrogens is 188 g/mol. The minimum Gasteiger partial charge on any atom is -0.508 e. The summed E-state index contributed by atoms with van der Waals surface area (Å²) in [6.07, 6.45) is 0. The van der Waals surface area contributed by atoms with Crippen LogP contribution in [0.4, 0.5) is 0 Å². The van der Waals surface area contributed by atoms with Crippen molar-refractivity contribution in [1.82, 2.24) is 0 Å². The van der Waals surface area contributed by atoms with Crippen LogP contribution < -0.4 is 0 Å². The van der Waals surface area contributed by atoms with Crippen LogP contribution in [0.5, 0.6) is 5.75 Å². The number of aliphatic hydroxyl groups excluding tert-OH is 1. The molecule has 1 aromatic carbocycles. The lowest BCUT2D eigenvalue weighted by Crippen LogP contribution is -2.26. The second-order valence-corrected chi connectivity index (χ2v) is 4.84. The van der Waals surface area contributed by atoms with E-state index < -0.39 is 0 Å². The van der Waals surface area contributed by atoms with Gasteiger partial charge in [-0.05, 0) is 23.0 Å². The largest absolute Gasteiger partial charge is 0.508 e. The number of hydrogen-bond acceptors (Lipinski definition) is 2. The average molecular weight is 208 g/mol. The molecule has 84 valence electrons. The number of phenols is 1. The third-order valence-electron chi connectivity index (χ3n) is 3.45. The zero-order chi connectivity index (χ0) is 11.6. The number of aliphatic hydroxyl groups is 1. The zero-order valence-corrected chi connectivity index (χ0v) is 9.91. The molecule has 0 heterocycles. The standard InChI is InChI=1S/C13H20O2/c1-9(2)13(3,4)11-6-5-7-12(15)10(11)8-14/h5-7,9,14-15H,8H2,1-4H3. The van der Waals surface area contributed by atoms with E-state index in [1.165, 1.54) is 0 Å². The Morgan fingerprint density at radius 3 is 2.33 bits per heavy atom. The Morgan fingerprint density at radius 2 is 1.87 bits per heavy atom. The van der Waals surface area contributed by atoms with Crippen molar-refractivity contribution in [2.75, 3.05) is 0 Å². The van der Waals surface area contributed by atoms with Crippen LogP contribution in [0.1, 0.15) is 38.8 Å². The fourth-order valence-corrected chi connectivity index (χ4v) is 1.66. The molecular formula is C13H20O2. The number of rotatable bonds is 3. The fourth-order valence-electron chi connectivity index (χ4n) is 1.66. The van der Waals surface area contributed by atoms with Gasteiger partial charge in [-0.1, -0.05) is 39.8 Å². The lowest BCUT2D eigenvalue weighted by Gasteiger charge is -2.32. The molecule has 0 spiro atoms. The van der Waals surface area contributed by atoms with Crippen LogP contribution in [-0.4, -0.2) is 10.2 Å². The summed E-state index contributed by atoms with van der Waals surface area (Å²) in [4.78, 5) is 0. The van der Waals surface area contributed by atoms with Crippen LogP contribution in [0.25, 0.3) is 0 Å². The van der Waals surface area contributed by atoms with Gasteiger partial charge >= 0.3 is 0 Å². The Bertz CT molecular complexity index is 340. The third kappa shape index (κ3) is 2.15. The molecule has 2 heteroatoms. The zero-order valence-electron chi connectivity index (χ0n) is 9.91. The van der Waals surface area contributed by atoms with Gasteiger partial charge < -0.3 is 10.2 Å². The predicted octanol–water partition coefficient (Wildman–Crippen LogP) is 2.82. The van der Waals surface area contributed by atoms with Crippen molar-refractivity contribution >= 4 is 0 Å². The lowest BCUT2D eigenvalue weighted by atomic mass is 9.73. The molecule has 0 aliphatic heterocycles. The normalized spacial score (nSPS) is 12.1. The first-order valence-corrected chi connectivity index (χ1v) is 5.33. The summed E-state index contributed by atoms with van der Waals surface area (Å²) < 4.78 is 0. The summed E-state index contributed by atoms with van der Waals surface area (Å²) >= 11 is 0. The Balaban J connectivity index is 3.31. The van der Waals surface area contributed by atoms with Crippen LogP contribution in [0.15, 0.2) is 18.2 Å². The van der Waals surface area contributed by atoms with Gasteiger partial charge in [0.25, 0.3) is 0 Å². The molecule has 1 rings (SSSR count). The van der Waals surface area contributed by atoms with Gasteiger partial charge in [0.05, 0.1) is 6.61 Å². The topological polar surface area (TPSA) is 40.5 Å². The van der Waals surface area contributed by atoms with Crippen LogP contribution >= 0.6 is 0 Å². The Hall–Kier alpha value is -1.02. The number of aromatic hydroxyl groups is 1. The maximum Gasteiger partial charge on any atom is 0.121 e. The van der Waals surface area contributed by atoms with Crippen molar-refractivity contribution < 1.29 is 10.2 Å². The Morgan fingerprint density at radius 1 is 1.27 bits per heavy atom. The quantitative estimate of drug-likeness (QED) is 0.802. The van der Waals surface area contributed by atoms with Crippen molar-refractivity contribution in [1.29, 1.82) is 0 Å². The van der Waals surface area contributed by atoms with E-state index >= 15 is 0 Å². The maximum atomic E-state index is 9.68.